The molecule has 8 heteroatoms. The molecule has 31 heavy (non-hydrogen) atoms. The number of nitro groups is 1. The predicted octanol–water partition coefficient (Wildman–Crippen LogP) is 3.64. The number of para-hydroxylation sites is 1. The summed E-state index contributed by atoms with van der Waals surface area (Å²) in [7, 11) is 0. The molecule has 0 atom stereocenters. The number of hydrazine groups is 1. The number of hydrogen-bond donors (Lipinski definition) is 1. The predicted molar refractivity (Wildman–Crippen MR) is 114 cm³/mol. The summed E-state index contributed by atoms with van der Waals surface area (Å²) in [6.07, 6.45) is 1.31. The number of ether oxygens (including phenoxy) is 1. The number of non-ortho nitro benzene ring substituents is 1. The summed E-state index contributed by atoms with van der Waals surface area (Å²) in [6.45, 7) is 0.227. The molecule has 0 radical (unpaired) electrons. The van der Waals surface area contributed by atoms with Crippen molar-refractivity contribution in [3.8, 4) is 5.75 Å². The van der Waals surface area contributed by atoms with Crippen molar-refractivity contribution in [2.75, 3.05) is 5.01 Å². The van der Waals surface area contributed by atoms with Crippen LogP contribution in [-0.2, 0) is 16.2 Å². The molecule has 154 valence electrons. The number of carbonyl (C=O) groups is 2. The van der Waals surface area contributed by atoms with E-state index in [-0.39, 0.29) is 23.4 Å². The van der Waals surface area contributed by atoms with Crippen molar-refractivity contribution in [3.63, 3.8) is 0 Å². The molecule has 1 aliphatic heterocycles. The first-order chi connectivity index (χ1) is 15.0. The number of nitrogens with zero attached hydrogens (tertiary/aromatic N) is 2. The number of anilines is 1. The molecule has 0 aromatic heterocycles. The van der Waals surface area contributed by atoms with Gasteiger partial charge in [-0.25, -0.2) is 5.01 Å². The molecule has 0 saturated carbocycles. The average molecular weight is 415 g/mol. The fourth-order valence-corrected chi connectivity index (χ4v) is 3.10. The van der Waals surface area contributed by atoms with E-state index < -0.39 is 16.7 Å². The van der Waals surface area contributed by atoms with Gasteiger partial charge in [-0.05, 0) is 29.8 Å². The Kier molecular flexibility index (Phi) is 5.44. The Morgan fingerprint density at radius 1 is 0.968 bits per heavy atom. The van der Waals surface area contributed by atoms with Gasteiger partial charge in [0, 0.05) is 17.7 Å². The molecule has 0 spiro atoms. The van der Waals surface area contributed by atoms with E-state index in [1.807, 2.05) is 30.3 Å². The average Bonchev–Trinajstić information content (AvgIpc) is 3.07. The molecule has 1 fully saturated rings. The summed E-state index contributed by atoms with van der Waals surface area (Å²) in [5, 5.41) is 12.4. The van der Waals surface area contributed by atoms with Gasteiger partial charge in [-0.2, -0.15) is 0 Å². The second-order valence-corrected chi connectivity index (χ2v) is 6.73. The first-order valence-electron chi connectivity index (χ1n) is 9.40. The van der Waals surface area contributed by atoms with Gasteiger partial charge >= 0.3 is 0 Å². The second-order valence-electron chi connectivity index (χ2n) is 6.73. The summed E-state index contributed by atoms with van der Waals surface area (Å²) in [6, 6.07) is 22.1. The first-order valence-corrected chi connectivity index (χ1v) is 9.40. The summed E-state index contributed by atoms with van der Waals surface area (Å²) < 4.78 is 5.83. The third kappa shape index (κ3) is 4.27. The molecule has 2 amide bonds. The summed E-state index contributed by atoms with van der Waals surface area (Å²) in [4.78, 5) is 36.0. The van der Waals surface area contributed by atoms with Crippen molar-refractivity contribution < 1.29 is 19.2 Å². The van der Waals surface area contributed by atoms with E-state index in [2.05, 4.69) is 5.43 Å². The Labute approximate surface area is 177 Å². The molecule has 3 aromatic rings. The SMILES string of the molecule is O=C1NN(c2ccccc2)C(=O)C1=Cc1cc([N+](=O)[O-])ccc1OCc1ccccc1. The minimum Gasteiger partial charge on any atom is -0.488 e. The maximum absolute atomic E-state index is 12.8. The van der Waals surface area contributed by atoms with Crippen LogP contribution in [0.25, 0.3) is 6.08 Å². The zero-order chi connectivity index (χ0) is 21.8. The number of hydrogen-bond acceptors (Lipinski definition) is 5. The van der Waals surface area contributed by atoms with E-state index in [1.165, 1.54) is 24.3 Å². The maximum atomic E-state index is 12.8. The van der Waals surface area contributed by atoms with Crippen LogP contribution >= 0.6 is 0 Å². The number of benzene rings is 3. The van der Waals surface area contributed by atoms with E-state index in [0.29, 0.717) is 11.4 Å². The third-order valence-corrected chi connectivity index (χ3v) is 4.65. The van der Waals surface area contributed by atoms with Crippen molar-refractivity contribution in [1.82, 2.24) is 5.43 Å². The highest BCUT2D eigenvalue weighted by atomic mass is 16.6. The highest BCUT2D eigenvalue weighted by Crippen LogP contribution is 2.29. The number of amides is 2. The second kappa shape index (κ2) is 8.50. The maximum Gasteiger partial charge on any atom is 0.282 e. The molecule has 0 unspecified atom stereocenters. The number of rotatable bonds is 6. The van der Waals surface area contributed by atoms with Gasteiger partial charge in [0.25, 0.3) is 17.5 Å². The molecule has 4 rings (SSSR count). The number of nitrogens with one attached hydrogen (secondary N) is 1. The van der Waals surface area contributed by atoms with E-state index >= 15 is 0 Å². The van der Waals surface area contributed by atoms with Crippen molar-refractivity contribution in [2.45, 2.75) is 6.61 Å². The van der Waals surface area contributed by atoms with Crippen LogP contribution in [0.2, 0.25) is 0 Å². The Balaban J connectivity index is 1.67. The first kappa shape index (κ1) is 19.8. The summed E-state index contributed by atoms with van der Waals surface area (Å²) >= 11 is 0. The highest BCUT2D eigenvalue weighted by molar-refractivity contribution is 6.31. The lowest BCUT2D eigenvalue weighted by atomic mass is 10.1. The van der Waals surface area contributed by atoms with Crippen LogP contribution in [-0.4, -0.2) is 16.7 Å². The lowest BCUT2D eigenvalue weighted by molar-refractivity contribution is -0.384. The smallest absolute Gasteiger partial charge is 0.282 e. The third-order valence-electron chi connectivity index (χ3n) is 4.65. The minimum absolute atomic E-state index is 0.145. The summed E-state index contributed by atoms with van der Waals surface area (Å²) in [5.74, 6) is -0.841. The van der Waals surface area contributed by atoms with Gasteiger partial charge in [-0.3, -0.25) is 25.1 Å². The fraction of sp³-hybridized carbons (Fsp3) is 0.0435. The molecule has 0 bridgehead atoms. The number of carbonyl (C=O) groups excluding carboxylic acids is 2. The van der Waals surface area contributed by atoms with Crippen molar-refractivity contribution in [3.05, 3.63) is 106 Å². The van der Waals surface area contributed by atoms with Gasteiger partial charge in [0.1, 0.15) is 17.9 Å². The lowest BCUT2D eigenvalue weighted by Crippen LogP contribution is -2.35. The molecular formula is C23H17N3O5. The molecule has 1 saturated heterocycles. The Morgan fingerprint density at radius 2 is 1.65 bits per heavy atom. The van der Waals surface area contributed by atoms with Crippen LogP contribution in [0.1, 0.15) is 11.1 Å². The Morgan fingerprint density at radius 3 is 2.32 bits per heavy atom. The molecule has 1 aliphatic rings. The van der Waals surface area contributed by atoms with Gasteiger partial charge in [0.15, 0.2) is 0 Å². The zero-order valence-electron chi connectivity index (χ0n) is 16.2. The van der Waals surface area contributed by atoms with Crippen molar-refractivity contribution >= 4 is 29.3 Å². The lowest BCUT2D eigenvalue weighted by Gasteiger charge is -2.14. The molecular weight excluding hydrogens is 398 g/mol. The van der Waals surface area contributed by atoms with Crippen LogP contribution in [0.15, 0.2) is 84.4 Å². The van der Waals surface area contributed by atoms with Crippen molar-refractivity contribution in [1.29, 1.82) is 0 Å². The van der Waals surface area contributed by atoms with Gasteiger partial charge in [-0.15, -0.1) is 0 Å². The van der Waals surface area contributed by atoms with Crippen LogP contribution < -0.4 is 15.2 Å². The molecule has 8 nitrogen and oxygen atoms in total. The number of nitro benzene ring substituents is 1. The quantitative estimate of drug-likeness (QED) is 0.287. The monoisotopic (exact) mass is 415 g/mol. The zero-order valence-corrected chi connectivity index (χ0v) is 16.2. The molecule has 1 N–H and O–H groups in total. The van der Waals surface area contributed by atoms with Gasteiger partial charge < -0.3 is 4.74 Å². The topological polar surface area (TPSA) is 102 Å². The molecule has 0 aliphatic carbocycles. The van der Waals surface area contributed by atoms with E-state index in [9.17, 15) is 19.7 Å². The molecule has 3 aromatic carbocycles. The fourth-order valence-electron chi connectivity index (χ4n) is 3.10. The Bertz CT molecular complexity index is 1180. The van der Waals surface area contributed by atoms with Crippen LogP contribution in [0.3, 0.4) is 0 Å². The van der Waals surface area contributed by atoms with E-state index in [4.69, 9.17) is 4.74 Å². The van der Waals surface area contributed by atoms with Crippen molar-refractivity contribution in [2.24, 2.45) is 0 Å². The van der Waals surface area contributed by atoms with E-state index in [0.717, 1.165) is 10.6 Å². The minimum atomic E-state index is -0.602. The standard InChI is InChI=1S/C23H17N3O5/c27-22-20(23(28)25(24-22)18-9-5-2-6-10-18)14-17-13-19(26(29)30)11-12-21(17)31-15-16-7-3-1-4-8-16/h1-14H,15H2,(H,24,27). The molecule has 1 heterocycles. The largest absolute Gasteiger partial charge is 0.488 e. The van der Waals surface area contributed by atoms with Gasteiger partial charge in [0.05, 0.1) is 10.6 Å². The highest BCUT2D eigenvalue weighted by Gasteiger charge is 2.34. The normalized spacial score (nSPS) is 14.6. The van der Waals surface area contributed by atoms with Gasteiger partial charge in [0.2, 0.25) is 0 Å². The van der Waals surface area contributed by atoms with Crippen LogP contribution in [0, 0.1) is 10.1 Å². The summed E-state index contributed by atoms with van der Waals surface area (Å²) in [5.41, 5.74) is 3.86. The van der Waals surface area contributed by atoms with Crippen LogP contribution in [0.5, 0.6) is 5.75 Å². The van der Waals surface area contributed by atoms with Gasteiger partial charge in [-0.1, -0.05) is 48.5 Å². The Hall–Kier alpha value is -4.46. The van der Waals surface area contributed by atoms with Crippen LogP contribution in [0.4, 0.5) is 11.4 Å². The van der Waals surface area contributed by atoms with E-state index in [1.54, 1.807) is 30.3 Å².